The lowest BCUT2D eigenvalue weighted by Gasteiger charge is -2.19. The molecule has 0 atom stereocenters. The first-order valence-electron chi connectivity index (χ1n) is 4.72. The second-order valence-electron chi connectivity index (χ2n) is 4.20. The lowest BCUT2D eigenvalue weighted by atomic mass is 10.2. The number of aromatic nitrogens is 2. The third kappa shape index (κ3) is 3.85. The first kappa shape index (κ1) is 13.7. The van der Waals surface area contributed by atoms with E-state index in [4.69, 9.17) is 16.3 Å². The molecule has 0 aliphatic rings. The Morgan fingerprint density at radius 3 is 2.59 bits per heavy atom. The molecular weight excluding hydrogens is 256 g/mol. The van der Waals surface area contributed by atoms with Gasteiger partial charge in [0.05, 0.1) is 6.20 Å². The highest BCUT2D eigenvalue weighted by Gasteiger charge is 2.20. The molecule has 1 amide bonds. The summed E-state index contributed by atoms with van der Waals surface area (Å²) in [7, 11) is 0. The van der Waals surface area contributed by atoms with E-state index in [0.717, 1.165) is 6.20 Å². The molecule has 1 rings (SSSR count). The average molecular weight is 268 g/mol. The van der Waals surface area contributed by atoms with E-state index in [1.807, 2.05) is 0 Å². The maximum atomic E-state index is 12.3. The van der Waals surface area contributed by atoms with Crippen LogP contribution in [0.3, 0.4) is 0 Å². The highest BCUT2D eigenvalue weighted by Crippen LogP contribution is 2.26. The quantitative estimate of drug-likeness (QED) is 0.895. The number of amides is 1. The molecule has 17 heavy (non-hydrogen) atoms. The van der Waals surface area contributed by atoms with Crippen molar-refractivity contribution in [3.63, 3.8) is 0 Å². The van der Waals surface area contributed by atoms with Crippen molar-refractivity contribution < 1.29 is 18.3 Å². The Hall–Kier alpha value is -1.37. The van der Waals surface area contributed by atoms with Crippen molar-refractivity contribution in [3.05, 3.63) is 11.3 Å². The first-order chi connectivity index (χ1) is 7.70. The van der Waals surface area contributed by atoms with Gasteiger partial charge in [0.1, 0.15) is 11.3 Å². The van der Waals surface area contributed by atoms with E-state index in [0.29, 0.717) is 0 Å². The van der Waals surface area contributed by atoms with Crippen molar-refractivity contribution in [1.82, 2.24) is 9.78 Å². The molecule has 0 fully saturated rings. The third-order valence-electron chi connectivity index (χ3n) is 1.56. The number of hydrogen-bond donors (Lipinski definition) is 1. The molecular formula is C9H12ClF2N3O2. The summed E-state index contributed by atoms with van der Waals surface area (Å²) in [6, 6.07) is 0. The zero-order valence-electron chi connectivity index (χ0n) is 9.50. The molecule has 0 aliphatic carbocycles. The Balaban J connectivity index is 2.73. The molecule has 0 aromatic carbocycles. The normalized spacial score (nSPS) is 11.7. The summed E-state index contributed by atoms with van der Waals surface area (Å²) < 4.78 is 29.9. The van der Waals surface area contributed by atoms with Gasteiger partial charge in [-0.15, -0.1) is 0 Å². The van der Waals surface area contributed by atoms with Gasteiger partial charge in [-0.2, -0.15) is 18.6 Å². The molecule has 1 aromatic heterocycles. The van der Waals surface area contributed by atoms with Crippen molar-refractivity contribution in [2.24, 2.45) is 0 Å². The zero-order chi connectivity index (χ0) is 13.2. The Morgan fingerprint density at radius 2 is 2.18 bits per heavy atom. The van der Waals surface area contributed by atoms with E-state index in [2.05, 4.69) is 10.4 Å². The van der Waals surface area contributed by atoms with Gasteiger partial charge < -0.3 is 4.74 Å². The number of nitrogens with one attached hydrogen (secondary N) is 1. The fourth-order valence-corrected chi connectivity index (χ4v) is 1.19. The number of hydrogen-bond acceptors (Lipinski definition) is 3. The van der Waals surface area contributed by atoms with Crippen LogP contribution >= 0.6 is 11.6 Å². The summed E-state index contributed by atoms with van der Waals surface area (Å²) in [5.74, 6) is 0. The molecule has 1 aromatic rings. The van der Waals surface area contributed by atoms with Crippen LogP contribution in [0.1, 0.15) is 27.3 Å². The molecule has 0 aliphatic heterocycles. The minimum Gasteiger partial charge on any atom is -0.444 e. The topological polar surface area (TPSA) is 56.1 Å². The fraction of sp³-hybridized carbons (Fsp3) is 0.556. The number of ether oxygens (including phenoxy) is 1. The molecule has 0 spiro atoms. The Bertz CT molecular complexity index is 415. The van der Waals surface area contributed by atoms with Crippen molar-refractivity contribution in [2.75, 3.05) is 5.32 Å². The van der Waals surface area contributed by atoms with Gasteiger partial charge >= 0.3 is 12.6 Å². The Kier molecular flexibility index (Phi) is 3.92. The van der Waals surface area contributed by atoms with Gasteiger partial charge in [-0.3, -0.25) is 5.32 Å². The van der Waals surface area contributed by atoms with Crippen LogP contribution in [0, 0.1) is 0 Å². The van der Waals surface area contributed by atoms with Crippen molar-refractivity contribution in [1.29, 1.82) is 0 Å². The van der Waals surface area contributed by atoms with Gasteiger partial charge in [0, 0.05) is 0 Å². The smallest absolute Gasteiger partial charge is 0.412 e. The van der Waals surface area contributed by atoms with Gasteiger partial charge in [-0.1, -0.05) is 11.6 Å². The number of anilines is 1. The summed E-state index contributed by atoms with van der Waals surface area (Å²) in [5, 5.41) is 5.21. The van der Waals surface area contributed by atoms with Gasteiger partial charge in [0.15, 0.2) is 5.15 Å². The number of carbonyl (C=O) groups excluding carboxylic acids is 1. The first-order valence-corrected chi connectivity index (χ1v) is 5.09. The summed E-state index contributed by atoms with van der Waals surface area (Å²) in [4.78, 5) is 11.3. The molecule has 96 valence electrons. The van der Waals surface area contributed by atoms with Crippen LogP contribution < -0.4 is 5.32 Å². The van der Waals surface area contributed by atoms with Crippen LogP contribution in [-0.4, -0.2) is 21.5 Å². The predicted octanol–water partition coefficient (Wildman–Crippen LogP) is 3.28. The molecule has 5 nitrogen and oxygen atoms in total. The number of halogens is 3. The standard InChI is InChI=1S/C9H12ClF2N3O2/c1-9(2,3)17-8(16)14-5-4-13-15(6(5)10)7(11)12/h4,7H,1-3H3,(H,14,16). The van der Waals surface area contributed by atoms with Crippen LogP contribution in [0.4, 0.5) is 19.3 Å². The lowest BCUT2D eigenvalue weighted by molar-refractivity contribution is 0.0566. The minimum absolute atomic E-state index is 0.0267. The van der Waals surface area contributed by atoms with Gasteiger partial charge in [0.25, 0.3) is 0 Å². The highest BCUT2D eigenvalue weighted by atomic mass is 35.5. The molecule has 0 bridgehead atoms. The lowest BCUT2D eigenvalue weighted by Crippen LogP contribution is -2.27. The highest BCUT2D eigenvalue weighted by molar-refractivity contribution is 6.32. The van der Waals surface area contributed by atoms with Crippen LogP contribution in [0.5, 0.6) is 0 Å². The molecule has 8 heteroatoms. The van der Waals surface area contributed by atoms with E-state index in [-0.39, 0.29) is 15.5 Å². The fourth-order valence-electron chi connectivity index (χ4n) is 0.981. The molecule has 0 saturated carbocycles. The van der Waals surface area contributed by atoms with Crippen LogP contribution in [0.2, 0.25) is 5.15 Å². The third-order valence-corrected chi connectivity index (χ3v) is 1.93. The van der Waals surface area contributed by atoms with E-state index < -0.39 is 18.2 Å². The number of carbonyl (C=O) groups is 1. The molecule has 0 unspecified atom stereocenters. The number of alkyl halides is 2. The van der Waals surface area contributed by atoms with Gasteiger partial charge in [0.2, 0.25) is 0 Å². The van der Waals surface area contributed by atoms with Crippen LogP contribution in [-0.2, 0) is 4.74 Å². The average Bonchev–Trinajstić information content (AvgIpc) is 2.44. The van der Waals surface area contributed by atoms with Crippen molar-refractivity contribution in [2.45, 2.75) is 32.9 Å². The number of nitrogens with zero attached hydrogens (tertiary/aromatic N) is 2. The van der Waals surface area contributed by atoms with Gasteiger partial charge in [-0.25, -0.2) is 4.79 Å². The molecule has 0 saturated heterocycles. The molecule has 1 heterocycles. The SMILES string of the molecule is CC(C)(C)OC(=O)Nc1cnn(C(F)F)c1Cl. The van der Waals surface area contributed by atoms with E-state index >= 15 is 0 Å². The van der Waals surface area contributed by atoms with Gasteiger partial charge in [-0.05, 0) is 20.8 Å². The summed E-state index contributed by atoms with van der Waals surface area (Å²) >= 11 is 5.58. The second-order valence-corrected chi connectivity index (χ2v) is 4.56. The second kappa shape index (κ2) is 4.87. The monoisotopic (exact) mass is 267 g/mol. The number of rotatable bonds is 2. The maximum Gasteiger partial charge on any atom is 0.412 e. The van der Waals surface area contributed by atoms with E-state index in [1.165, 1.54) is 0 Å². The van der Waals surface area contributed by atoms with Crippen molar-refractivity contribution >= 4 is 23.4 Å². The molecule has 1 N–H and O–H groups in total. The molecule has 0 radical (unpaired) electrons. The zero-order valence-corrected chi connectivity index (χ0v) is 10.3. The van der Waals surface area contributed by atoms with Crippen LogP contribution in [0.25, 0.3) is 0 Å². The maximum absolute atomic E-state index is 12.3. The van der Waals surface area contributed by atoms with E-state index in [9.17, 15) is 13.6 Å². The predicted molar refractivity (Wildman–Crippen MR) is 58.3 cm³/mol. The van der Waals surface area contributed by atoms with E-state index in [1.54, 1.807) is 20.8 Å². The minimum atomic E-state index is -2.86. The summed E-state index contributed by atoms with van der Waals surface area (Å²) in [6.07, 6.45) is 0.242. The summed E-state index contributed by atoms with van der Waals surface area (Å²) in [5.41, 5.74) is -0.712. The summed E-state index contributed by atoms with van der Waals surface area (Å²) in [6.45, 7) is 2.17. The Morgan fingerprint density at radius 1 is 1.59 bits per heavy atom. The largest absolute Gasteiger partial charge is 0.444 e. The van der Waals surface area contributed by atoms with Crippen LogP contribution in [0.15, 0.2) is 6.20 Å². The Labute approximate surface area is 102 Å². The van der Waals surface area contributed by atoms with Crippen molar-refractivity contribution in [3.8, 4) is 0 Å².